The number of hydrogen-bond acceptors (Lipinski definition) is 3. The maximum atomic E-state index is 3.93. The second-order valence-electron chi connectivity index (χ2n) is 4.09. The third kappa shape index (κ3) is 1.52. The molecule has 0 radical (unpaired) electrons. The van der Waals surface area contributed by atoms with Crippen LogP contribution in [-0.2, 0) is 0 Å². The summed E-state index contributed by atoms with van der Waals surface area (Å²) in [6.07, 6.45) is 3.87. The van der Waals surface area contributed by atoms with Crippen molar-refractivity contribution in [1.29, 1.82) is 0 Å². The minimum Gasteiger partial charge on any atom is -0.300 e. The molecular weight excluding hydrogens is 186 g/mol. The highest BCUT2D eigenvalue weighted by Gasteiger charge is 2.38. The molecule has 0 aliphatic carbocycles. The van der Waals surface area contributed by atoms with Gasteiger partial charge in [-0.15, -0.1) is 6.58 Å². The molecular formula is C12H21N3. The van der Waals surface area contributed by atoms with Gasteiger partial charge in [0.05, 0.1) is 5.54 Å². The van der Waals surface area contributed by atoms with E-state index in [1.54, 1.807) is 0 Å². The van der Waals surface area contributed by atoms with E-state index in [4.69, 9.17) is 0 Å². The zero-order chi connectivity index (χ0) is 11.8. The number of nitrogens with zero attached hydrogens (tertiary/aromatic N) is 3. The minimum atomic E-state index is -0.187. The van der Waals surface area contributed by atoms with Gasteiger partial charge in [-0.25, -0.2) is 5.01 Å². The first kappa shape index (κ1) is 12.0. The first-order chi connectivity index (χ1) is 6.90. The van der Waals surface area contributed by atoms with Gasteiger partial charge in [0, 0.05) is 26.8 Å². The summed E-state index contributed by atoms with van der Waals surface area (Å²) in [5, 5.41) is 6.32. The Kier molecular flexibility index (Phi) is 3.07. The van der Waals surface area contributed by atoms with Gasteiger partial charge in [-0.1, -0.05) is 18.7 Å². The van der Waals surface area contributed by atoms with Crippen LogP contribution in [0.1, 0.15) is 13.8 Å². The van der Waals surface area contributed by atoms with Crippen molar-refractivity contribution in [3.05, 3.63) is 36.6 Å². The van der Waals surface area contributed by atoms with Crippen molar-refractivity contribution in [1.82, 2.24) is 15.1 Å². The predicted octanol–water partition coefficient (Wildman–Crippen LogP) is 2.03. The molecule has 1 atom stereocenters. The fourth-order valence-electron chi connectivity index (χ4n) is 2.03. The molecule has 0 fully saturated rings. The molecule has 0 spiro atoms. The van der Waals surface area contributed by atoms with Crippen LogP contribution in [0.4, 0.5) is 0 Å². The summed E-state index contributed by atoms with van der Waals surface area (Å²) in [7, 11) is 6.12. The van der Waals surface area contributed by atoms with Crippen molar-refractivity contribution >= 4 is 0 Å². The average molecular weight is 207 g/mol. The van der Waals surface area contributed by atoms with Crippen LogP contribution in [0.15, 0.2) is 36.6 Å². The number of allylic oxidation sites excluding steroid dienone is 1. The first-order valence-corrected chi connectivity index (χ1v) is 5.08. The second-order valence-corrected chi connectivity index (χ2v) is 4.09. The Bertz CT molecular complexity index is 319. The van der Waals surface area contributed by atoms with Crippen molar-refractivity contribution < 1.29 is 0 Å². The van der Waals surface area contributed by atoms with Crippen molar-refractivity contribution in [2.75, 3.05) is 21.1 Å². The van der Waals surface area contributed by atoms with E-state index in [0.717, 1.165) is 0 Å². The molecule has 0 bridgehead atoms. The fourth-order valence-corrected chi connectivity index (χ4v) is 2.03. The molecule has 0 saturated carbocycles. The number of hydrazine groups is 2. The van der Waals surface area contributed by atoms with Gasteiger partial charge in [0.2, 0.25) is 0 Å². The normalized spacial score (nSPS) is 29.5. The zero-order valence-electron chi connectivity index (χ0n) is 10.4. The summed E-state index contributed by atoms with van der Waals surface area (Å²) in [6, 6.07) is 0. The molecule has 0 aromatic carbocycles. The zero-order valence-corrected chi connectivity index (χ0v) is 10.4. The maximum Gasteiger partial charge on any atom is 0.0785 e. The molecule has 0 aromatic rings. The summed E-state index contributed by atoms with van der Waals surface area (Å²) in [5.41, 5.74) is 2.21. The third-order valence-electron chi connectivity index (χ3n) is 3.56. The van der Waals surface area contributed by atoms with E-state index in [1.165, 1.54) is 11.3 Å². The molecule has 15 heavy (non-hydrogen) atoms. The highest BCUT2D eigenvalue weighted by Crippen LogP contribution is 2.34. The number of hydrogen-bond donors (Lipinski definition) is 0. The summed E-state index contributed by atoms with van der Waals surface area (Å²) in [6.45, 7) is 12.1. The Balaban J connectivity index is 3.38. The van der Waals surface area contributed by atoms with Gasteiger partial charge in [-0.05, 0) is 19.4 Å². The molecule has 1 aliphatic rings. The molecule has 1 unspecified atom stereocenters. The fraction of sp³-hybridized carbons (Fsp3) is 0.500. The Hall–Kier alpha value is -1.06. The third-order valence-corrected chi connectivity index (χ3v) is 3.56. The second kappa shape index (κ2) is 3.83. The van der Waals surface area contributed by atoms with E-state index in [1.807, 2.05) is 33.3 Å². The molecule has 1 aliphatic heterocycles. The monoisotopic (exact) mass is 207 g/mol. The minimum absolute atomic E-state index is 0.187. The van der Waals surface area contributed by atoms with Gasteiger partial charge in [0.1, 0.15) is 0 Å². The molecule has 3 heteroatoms. The largest absolute Gasteiger partial charge is 0.300 e. The lowest BCUT2D eigenvalue weighted by Gasteiger charge is -2.52. The van der Waals surface area contributed by atoms with Crippen LogP contribution in [0.3, 0.4) is 0 Å². The quantitative estimate of drug-likeness (QED) is 0.641. The van der Waals surface area contributed by atoms with E-state index in [9.17, 15) is 0 Å². The predicted molar refractivity (Wildman–Crippen MR) is 64.8 cm³/mol. The summed E-state index contributed by atoms with van der Waals surface area (Å²) in [5.74, 6) is 0. The van der Waals surface area contributed by atoms with Gasteiger partial charge >= 0.3 is 0 Å². The lowest BCUT2D eigenvalue weighted by molar-refractivity contribution is -0.165. The summed E-state index contributed by atoms with van der Waals surface area (Å²) in [4.78, 5) is 0. The molecule has 0 N–H and O–H groups in total. The maximum absolute atomic E-state index is 3.93. The van der Waals surface area contributed by atoms with E-state index in [0.29, 0.717) is 0 Å². The van der Waals surface area contributed by atoms with Crippen LogP contribution in [0.2, 0.25) is 0 Å². The average Bonchev–Trinajstić information content (AvgIpc) is 2.24. The van der Waals surface area contributed by atoms with E-state index in [2.05, 4.69) is 42.1 Å². The van der Waals surface area contributed by atoms with E-state index >= 15 is 0 Å². The summed E-state index contributed by atoms with van der Waals surface area (Å²) >= 11 is 0. The van der Waals surface area contributed by atoms with E-state index in [-0.39, 0.29) is 5.54 Å². The molecule has 1 rings (SSSR count). The highest BCUT2D eigenvalue weighted by atomic mass is 15.9. The lowest BCUT2D eigenvalue weighted by Crippen LogP contribution is -2.60. The van der Waals surface area contributed by atoms with Crippen LogP contribution in [0, 0.1) is 0 Å². The van der Waals surface area contributed by atoms with Crippen molar-refractivity contribution in [3.63, 3.8) is 0 Å². The smallest absolute Gasteiger partial charge is 0.0785 e. The lowest BCUT2D eigenvalue weighted by atomic mass is 9.88. The molecule has 0 amide bonds. The molecule has 0 aromatic heterocycles. The van der Waals surface area contributed by atoms with Crippen molar-refractivity contribution in [2.24, 2.45) is 0 Å². The Morgan fingerprint density at radius 1 is 1.20 bits per heavy atom. The van der Waals surface area contributed by atoms with Crippen LogP contribution in [0.5, 0.6) is 0 Å². The molecule has 1 heterocycles. The van der Waals surface area contributed by atoms with Gasteiger partial charge in [-0.3, -0.25) is 5.01 Å². The highest BCUT2D eigenvalue weighted by molar-refractivity contribution is 5.38. The number of rotatable bonds is 2. The van der Waals surface area contributed by atoms with Crippen LogP contribution < -0.4 is 0 Å². The van der Waals surface area contributed by atoms with Gasteiger partial charge < -0.3 is 0 Å². The molecule has 3 nitrogen and oxygen atoms in total. The van der Waals surface area contributed by atoms with E-state index < -0.39 is 0 Å². The SMILES string of the molecule is C=CC1=C(C)N(C)N(C)N(C)C1(C)C=C. The molecule has 84 valence electrons. The van der Waals surface area contributed by atoms with Gasteiger partial charge in [0.25, 0.3) is 0 Å². The van der Waals surface area contributed by atoms with Crippen LogP contribution >= 0.6 is 0 Å². The standard InChI is InChI=1S/C12H21N3/c1-8-11-10(3)13(5)15(7)14(6)12(11,4)9-2/h8-9H,1-2H2,3-7H3. The first-order valence-electron chi connectivity index (χ1n) is 5.08. The van der Waals surface area contributed by atoms with Crippen LogP contribution in [-0.4, -0.2) is 41.8 Å². The van der Waals surface area contributed by atoms with Crippen molar-refractivity contribution in [2.45, 2.75) is 19.4 Å². The molecule has 0 saturated heterocycles. The summed E-state index contributed by atoms with van der Waals surface area (Å²) < 4.78 is 0. The Labute approximate surface area is 92.9 Å². The van der Waals surface area contributed by atoms with Crippen LogP contribution in [0.25, 0.3) is 0 Å². The van der Waals surface area contributed by atoms with Gasteiger partial charge in [-0.2, -0.15) is 5.12 Å². The van der Waals surface area contributed by atoms with Gasteiger partial charge in [0.15, 0.2) is 0 Å². The topological polar surface area (TPSA) is 9.72 Å². The number of likely N-dealkylation sites (N-methyl/N-ethyl adjacent to an activating group) is 1. The Morgan fingerprint density at radius 3 is 2.13 bits per heavy atom. The Morgan fingerprint density at radius 2 is 1.73 bits per heavy atom. The van der Waals surface area contributed by atoms with Crippen molar-refractivity contribution in [3.8, 4) is 0 Å².